The average molecular weight is 729 g/mol. The smallest absolute Gasteiger partial charge is 0.163 e. The van der Waals surface area contributed by atoms with Crippen LogP contribution in [-0.4, -0.2) is 85.8 Å². The zero-order valence-corrected chi connectivity index (χ0v) is 33.0. The van der Waals surface area contributed by atoms with Crippen molar-refractivity contribution in [2.75, 3.05) is 36.2 Å². The molecule has 0 spiro atoms. The van der Waals surface area contributed by atoms with Crippen molar-refractivity contribution >= 4 is 47.0 Å². The molecule has 268 valence electrons. The lowest BCUT2D eigenvalue weighted by molar-refractivity contribution is -0.150. The number of aliphatic hydroxyl groups is 2. The molecule has 2 aromatic carbocycles. The van der Waals surface area contributed by atoms with E-state index in [1.807, 2.05) is 104 Å². The topological polar surface area (TPSA) is 77.4 Å². The highest BCUT2D eigenvalue weighted by Gasteiger charge is 2.41. The van der Waals surface area contributed by atoms with Gasteiger partial charge in [-0.15, -0.1) is 47.0 Å². The van der Waals surface area contributed by atoms with E-state index in [9.17, 15) is 10.2 Å². The second-order valence-electron chi connectivity index (χ2n) is 11.9. The molecular weight excluding hydrogens is 669 g/mol. The van der Waals surface area contributed by atoms with Crippen LogP contribution in [0.4, 0.5) is 0 Å². The maximum absolute atomic E-state index is 10.0. The SMILES string of the molecule is CCSC(SCC)[C@H](OCc1ccccc1)[C@@H](C)[C@H](O)CO.CCSC(SCC)[C@H](OCc1ccccc1)[C@@H](C)[C@H]1COC(C)(C)O1. The summed E-state index contributed by atoms with van der Waals surface area (Å²) in [4.78, 5) is 0. The van der Waals surface area contributed by atoms with E-state index in [1.165, 1.54) is 5.56 Å². The Kier molecular flexibility index (Phi) is 21.8. The van der Waals surface area contributed by atoms with E-state index < -0.39 is 11.9 Å². The van der Waals surface area contributed by atoms with Crippen LogP contribution in [0.5, 0.6) is 0 Å². The van der Waals surface area contributed by atoms with Crippen molar-refractivity contribution in [2.24, 2.45) is 11.8 Å². The Morgan fingerprint density at radius 2 is 1.17 bits per heavy atom. The number of rotatable bonds is 21. The number of hydrogen-bond donors (Lipinski definition) is 2. The Morgan fingerprint density at radius 1 is 0.745 bits per heavy atom. The molecule has 0 unspecified atom stereocenters. The van der Waals surface area contributed by atoms with Gasteiger partial charge in [0.1, 0.15) is 0 Å². The van der Waals surface area contributed by atoms with Crippen LogP contribution in [-0.2, 0) is 32.2 Å². The second-order valence-corrected chi connectivity index (χ2v) is 18.2. The van der Waals surface area contributed by atoms with Crippen LogP contribution in [0.3, 0.4) is 0 Å². The van der Waals surface area contributed by atoms with Gasteiger partial charge in [0.25, 0.3) is 0 Å². The molecule has 0 aliphatic carbocycles. The van der Waals surface area contributed by atoms with Crippen molar-refractivity contribution in [1.82, 2.24) is 0 Å². The van der Waals surface area contributed by atoms with E-state index in [0.717, 1.165) is 28.6 Å². The average Bonchev–Trinajstić information content (AvgIpc) is 3.45. The van der Waals surface area contributed by atoms with Gasteiger partial charge >= 0.3 is 0 Å². The van der Waals surface area contributed by atoms with E-state index in [2.05, 4.69) is 58.9 Å². The van der Waals surface area contributed by atoms with Crippen molar-refractivity contribution in [3.8, 4) is 0 Å². The fourth-order valence-electron chi connectivity index (χ4n) is 5.19. The zero-order chi connectivity index (χ0) is 34.7. The summed E-state index contributed by atoms with van der Waals surface area (Å²) >= 11 is 7.64. The molecule has 0 saturated carbocycles. The van der Waals surface area contributed by atoms with Gasteiger partial charge in [-0.25, -0.2) is 0 Å². The first kappa shape index (κ1) is 42.8. The van der Waals surface area contributed by atoms with E-state index in [1.54, 1.807) is 0 Å². The van der Waals surface area contributed by atoms with Crippen molar-refractivity contribution in [3.63, 3.8) is 0 Å². The normalized spacial score (nSPS) is 19.2. The molecule has 0 amide bonds. The molecule has 1 aliphatic heterocycles. The third-order valence-electron chi connectivity index (χ3n) is 7.88. The van der Waals surface area contributed by atoms with Gasteiger partial charge < -0.3 is 29.2 Å². The summed E-state index contributed by atoms with van der Waals surface area (Å²) in [5.74, 6) is 3.85. The van der Waals surface area contributed by atoms with E-state index in [0.29, 0.717) is 24.4 Å². The highest BCUT2D eigenvalue weighted by molar-refractivity contribution is 8.17. The zero-order valence-electron chi connectivity index (χ0n) is 29.7. The van der Waals surface area contributed by atoms with Gasteiger partial charge in [0.2, 0.25) is 0 Å². The van der Waals surface area contributed by atoms with Crippen LogP contribution >= 0.6 is 47.0 Å². The predicted molar refractivity (Wildman–Crippen MR) is 206 cm³/mol. The quantitative estimate of drug-likeness (QED) is 0.122. The molecule has 3 rings (SSSR count). The van der Waals surface area contributed by atoms with Gasteiger partial charge in [-0.3, -0.25) is 0 Å². The molecule has 0 bridgehead atoms. The Bertz CT molecular complexity index is 1040. The summed E-state index contributed by atoms with van der Waals surface area (Å²) in [6.45, 7) is 18.4. The summed E-state index contributed by atoms with van der Waals surface area (Å²) in [5.41, 5.74) is 2.34. The predicted octanol–water partition coefficient (Wildman–Crippen LogP) is 8.59. The maximum Gasteiger partial charge on any atom is 0.163 e. The summed E-state index contributed by atoms with van der Waals surface area (Å²) in [5, 5.41) is 19.3. The van der Waals surface area contributed by atoms with E-state index in [-0.39, 0.29) is 41.3 Å². The Hall–Kier alpha value is -0.400. The van der Waals surface area contributed by atoms with Gasteiger partial charge in [-0.1, -0.05) is 102 Å². The highest BCUT2D eigenvalue weighted by Crippen LogP contribution is 2.37. The molecule has 1 fully saturated rings. The molecule has 2 aromatic rings. The summed E-state index contributed by atoms with van der Waals surface area (Å²) in [6, 6.07) is 20.5. The number of ether oxygens (including phenoxy) is 4. The van der Waals surface area contributed by atoms with E-state index in [4.69, 9.17) is 18.9 Å². The number of hydrogen-bond acceptors (Lipinski definition) is 10. The standard InChI is InChI=1S/C20H32O3S2.C17H28O3S2/c1-6-24-19(25-7-2)18(21-13-16-11-9-8-10-12-16)15(3)17-14-22-20(4,5)23-17;1-4-21-17(22-5-2)16(13(3)15(19)11-18)20-12-14-9-7-6-8-10-14/h8-12,15,17-19H,6-7,13-14H2,1-5H3;6-10,13,15-19H,4-5,11-12H2,1-3H3/t15-,17+,18+;13-,15+,16+/m00/s1. The van der Waals surface area contributed by atoms with Gasteiger partial charge in [-0.05, 0) is 48.0 Å². The second kappa shape index (κ2) is 23.9. The third-order valence-corrected chi connectivity index (χ3v) is 13.2. The van der Waals surface area contributed by atoms with Crippen molar-refractivity contribution < 1.29 is 29.2 Å². The molecule has 1 aliphatic rings. The molecule has 0 aromatic heterocycles. The lowest BCUT2D eigenvalue weighted by Crippen LogP contribution is -2.39. The molecule has 47 heavy (non-hydrogen) atoms. The van der Waals surface area contributed by atoms with Crippen molar-refractivity contribution in [1.29, 1.82) is 0 Å². The van der Waals surface area contributed by atoms with Crippen LogP contribution in [0.2, 0.25) is 0 Å². The van der Waals surface area contributed by atoms with Crippen LogP contribution in [0.1, 0.15) is 66.5 Å². The Balaban J connectivity index is 0.000000330. The Morgan fingerprint density at radius 3 is 1.55 bits per heavy atom. The molecule has 0 radical (unpaired) electrons. The monoisotopic (exact) mass is 728 g/mol. The van der Waals surface area contributed by atoms with Gasteiger partial charge in [0.15, 0.2) is 5.79 Å². The summed E-state index contributed by atoms with van der Waals surface area (Å²) in [7, 11) is 0. The first-order valence-corrected chi connectivity index (χ1v) is 21.2. The van der Waals surface area contributed by atoms with Crippen LogP contribution < -0.4 is 0 Å². The largest absolute Gasteiger partial charge is 0.394 e. The highest BCUT2D eigenvalue weighted by atomic mass is 32.2. The third kappa shape index (κ3) is 15.6. The molecule has 10 heteroatoms. The number of benzene rings is 2. The molecule has 2 N–H and O–H groups in total. The molecule has 1 saturated heterocycles. The van der Waals surface area contributed by atoms with Crippen LogP contribution in [0, 0.1) is 11.8 Å². The maximum atomic E-state index is 10.0. The lowest BCUT2D eigenvalue weighted by atomic mass is 9.99. The van der Waals surface area contributed by atoms with Crippen molar-refractivity contribution in [2.45, 2.75) is 108 Å². The molecule has 1 heterocycles. The minimum absolute atomic E-state index is 0.0770. The van der Waals surface area contributed by atoms with Gasteiger partial charge in [0, 0.05) is 11.8 Å². The molecule has 6 atom stereocenters. The first-order valence-electron chi connectivity index (χ1n) is 17.0. The Labute approximate surface area is 302 Å². The van der Waals surface area contributed by atoms with Gasteiger partial charge in [-0.2, -0.15) is 0 Å². The number of thioether (sulfide) groups is 4. The van der Waals surface area contributed by atoms with Crippen molar-refractivity contribution in [3.05, 3.63) is 71.8 Å². The fourth-order valence-corrected chi connectivity index (χ4v) is 11.0. The van der Waals surface area contributed by atoms with Gasteiger partial charge in [0.05, 0.1) is 60.0 Å². The summed E-state index contributed by atoms with van der Waals surface area (Å²) in [6.07, 6.45) is -0.652. The van der Waals surface area contributed by atoms with E-state index >= 15 is 0 Å². The molecule has 6 nitrogen and oxygen atoms in total. The number of aliphatic hydroxyl groups excluding tert-OH is 2. The lowest BCUT2D eigenvalue weighted by Gasteiger charge is -2.34. The summed E-state index contributed by atoms with van der Waals surface area (Å²) < 4.78 is 25.2. The van der Waals surface area contributed by atoms with Crippen LogP contribution in [0.25, 0.3) is 0 Å². The fraction of sp³-hybridized carbons (Fsp3) is 0.676. The first-order chi connectivity index (χ1) is 22.6. The minimum Gasteiger partial charge on any atom is -0.394 e. The van der Waals surface area contributed by atoms with Crippen LogP contribution in [0.15, 0.2) is 60.7 Å². The molecular formula is C37H60O6S4. The minimum atomic E-state index is -0.752.